The summed E-state index contributed by atoms with van der Waals surface area (Å²) >= 11 is 0. The normalized spacial score (nSPS) is 18.4. The smallest absolute Gasteiger partial charge is 0.274 e. The maximum Gasteiger partial charge on any atom is 0.274 e. The third-order valence-corrected chi connectivity index (χ3v) is 5.30. The zero-order valence-electron chi connectivity index (χ0n) is 16.0. The van der Waals surface area contributed by atoms with E-state index in [0.717, 1.165) is 19.4 Å². The zero-order chi connectivity index (χ0) is 19.2. The van der Waals surface area contributed by atoms with Crippen molar-refractivity contribution in [2.75, 3.05) is 38.2 Å². The molecule has 4 rings (SSSR count). The largest absolute Gasteiger partial charge is 0.369 e. The molecule has 0 saturated carbocycles. The molecule has 28 heavy (non-hydrogen) atoms. The SMILES string of the molecule is O=C(c1ccc(NCCCc2ccccc2)nn1)N1CCC2(CC1)OCCO2. The number of nitrogens with zero attached hydrogens (tertiary/aromatic N) is 3. The first-order valence-corrected chi connectivity index (χ1v) is 9.93. The summed E-state index contributed by atoms with van der Waals surface area (Å²) in [4.78, 5) is 14.5. The number of rotatable bonds is 6. The molecule has 1 aromatic heterocycles. The fraction of sp³-hybridized carbons (Fsp3) is 0.476. The number of hydrogen-bond acceptors (Lipinski definition) is 6. The fourth-order valence-electron chi connectivity index (χ4n) is 3.69. The number of amides is 1. The third kappa shape index (κ3) is 4.48. The van der Waals surface area contributed by atoms with Crippen molar-refractivity contribution in [1.82, 2.24) is 15.1 Å². The molecule has 0 unspecified atom stereocenters. The van der Waals surface area contributed by atoms with Crippen LogP contribution in [0.1, 0.15) is 35.3 Å². The van der Waals surface area contributed by atoms with Crippen molar-refractivity contribution in [1.29, 1.82) is 0 Å². The van der Waals surface area contributed by atoms with Gasteiger partial charge in [0.1, 0.15) is 5.82 Å². The topological polar surface area (TPSA) is 76.6 Å². The average molecular weight is 382 g/mol. The lowest BCUT2D eigenvalue weighted by Gasteiger charge is -2.37. The van der Waals surface area contributed by atoms with Gasteiger partial charge in [0.2, 0.25) is 0 Å². The van der Waals surface area contributed by atoms with Gasteiger partial charge in [0, 0.05) is 32.5 Å². The lowest BCUT2D eigenvalue weighted by Crippen LogP contribution is -2.47. The minimum absolute atomic E-state index is 0.0871. The summed E-state index contributed by atoms with van der Waals surface area (Å²) in [6.07, 6.45) is 3.42. The molecule has 1 spiro atoms. The fourth-order valence-corrected chi connectivity index (χ4v) is 3.69. The van der Waals surface area contributed by atoms with Crippen LogP contribution in [-0.4, -0.2) is 59.6 Å². The predicted molar refractivity (Wildman–Crippen MR) is 105 cm³/mol. The van der Waals surface area contributed by atoms with Gasteiger partial charge >= 0.3 is 0 Å². The molecule has 0 radical (unpaired) electrons. The standard InChI is InChI=1S/C21H26N4O3/c26-20(25-13-10-21(11-14-25)27-15-16-28-21)18-8-9-19(24-23-18)22-12-4-7-17-5-2-1-3-6-17/h1-3,5-6,8-9H,4,7,10-16H2,(H,22,24). The van der Waals surface area contributed by atoms with Crippen LogP contribution in [0.2, 0.25) is 0 Å². The Hall–Kier alpha value is -2.51. The molecule has 0 bridgehead atoms. The van der Waals surface area contributed by atoms with E-state index in [4.69, 9.17) is 9.47 Å². The second-order valence-corrected chi connectivity index (χ2v) is 7.22. The summed E-state index contributed by atoms with van der Waals surface area (Å²) in [5, 5.41) is 11.5. The highest BCUT2D eigenvalue weighted by atomic mass is 16.7. The molecule has 2 aliphatic rings. The highest BCUT2D eigenvalue weighted by molar-refractivity contribution is 5.92. The number of carbonyl (C=O) groups excluding carboxylic acids is 1. The van der Waals surface area contributed by atoms with Crippen molar-refractivity contribution >= 4 is 11.7 Å². The molecule has 2 saturated heterocycles. The molecule has 1 amide bonds. The van der Waals surface area contributed by atoms with Gasteiger partial charge in [-0.3, -0.25) is 4.79 Å². The van der Waals surface area contributed by atoms with Gasteiger partial charge < -0.3 is 19.7 Å². The van der Waals surface area contributed by atoms with Gasteiger partial charge in [-0.05, 0) is 30.5 Å². The molecular formula is C21H26N4O3. The van der Waals surface area contributed by atoms with E-state index in [0.29, 0.717) is 50.7 Å². The van der Waals surface area contributed by atoms with E-state index in [-0.39, 0.29) is 5.91 Å². The van der Waals surface area contributed by atoms with Gasteiger partial charge in [-0.2, -0.15) is 0 Å². The molecule has 0 aliphatic carbocycles. The summed E-state index contributed by atoms with van der Waals surface area (Å²) < 4.78 is 11.4. The van der Waals surface area contributed by atoms with Crippen molar-refractivity contribution in [3.63, 3.8) is 0 Å². The van der Waals surface area contributed by atoms with Gasteiger partial charge in [0.15, 0.2) is 11.5 Å². The van der Waals surface area contributed by atoms with Crippen LogP contribution in [0.5, 0.6) is 0 Å². The number of aryl methyl sites for hydroxylation is 1. The number of likely N-dealkylation sites (tertiary alicyclic amines) is 1. The highest BCUT2D eigenvalue weighted by Crippen LogP contribution is 2.31. The van der Waals surface area contributed by atoms with E-state index < -0.39 is 5.79 Å². The number of piperidine rings is 1. The quantitative estimate of drug-likeness (QED) is 0.774. The molecule has 2 aromatic rings. The van der Waals surface area contributed by atoms with Gasteiger partial charge in [-0.25, -0.2) is 0 Å². The second kappa shape index (κ2) is 8.67. The average Bonchev–Trinajstić information content (AvgIpc) is 3.20. The van der Waals surface area contributed by atoms with Gasteiger partial charge in [-0.1, -0.05) is 30.3 Å². The Morgan fingerprint density at radius 2 is 1.79 bits per heavy atom. The van der Waals surface area contributed by atoms with Gasteiger partial charge in [-0.15, -0.1) is 10.2 Å². The molecule has 7 nitrogen and oxygen atoms in total. The van der Waals surface area contributed by atoms with E-state index in [2.05, 4.69) is 39.8 Å². The first kappa shape index (κ1) is 18.8. The van der Waals surface area contributed by atoms with Crippen LogP contribution in [0, 0.1) is 0 Å². The van der Waals surface area contributed by atoms with E-state index in [1.807, 2.05) is 12.1 Å². The van der Waals surface area contributed by atoms with Crippen LogP contribution < -0.4 is 5.32 Å². The van der Waals surface area contributed by atoms with E-state index in [9.17, 15) is 4.79 Å². The summed E-state index contributed by atoms with van der Waals surface area (Å²) in [6, 6.07) is 14.0. The van der Waals surface area contributed by atoms with Crippen molar-refractivity contribution in [2.24, 2.45) is 0 Å². The zero-order valence-corrected chi connectivity index (χ0v) is 16.0. The van der Waals surface area contributed by atoms with Gasteiger partial charge in [0.05, 0.1) is 13.2 Å². The number of hydrogen-bond donors (Lipinski definition) is 1. The van der Waals surface area contributed by atoms with Gasteiger partial charge in [0.25, 0.3) is 5.91 Å². The van der Waals surface area contributed by atoms with Crippen molar-refractivity contribution in [3.8, 4) is 0 Å². The first-order chi connectivity index (χ1) is 13.7. The van der Waals surface area contributed by atoms with Crippen LogP contribution >= 0.6 is 0 Å². The summed E-state index contributed by atoms with van der Waals surface area (Å²) in [5.74, 6) is 0.127. The molecule has 1 aromatic carbocycles. The predicted octanol–water partition coefficient (Wildman–Crippen LogP) is 2.50. The number of nitrogens with one attached hydrogen (secondary N) is 1. The number of aromatic nitrogens is 2. The molecule has 7 heteroatoms. The molecule has 3 heterocycles. The molecule has 2 aliphatic heterocycles. The third-order valence-electron chi connectivity index (χ3n) is 5.30. The monoisotopic (exact) mass is 382 g/mol. The highest BCUT2D eigenvalue weighted by Gasteiger charge is 2.41. The minimum Gasteiger partial charge on any atom is -0.369 e. The lowest BCUT2D eigenvalue weighted by molar-refractivity contribution is -0.181. The number of benzene rings is 1. The number of ether oxygens (including phenoxy) is 2. The number of carbonyl (C=O) groups is 1. The Bertz CT molecular complexity index is 766. The van der Waals surface area contributed by atoms with Crippen molar-refractivity contribution < 1.29 is 14.3 Å². The van der Waals surface area contributed by atoms with Crippen molar-refractivity contribution in [3.05, 3.63) is 53.7 Å². The van der Waals surface area contributed by atoms with Crippen LogP contribution in [0.4, 0.5) is 5.82 Å². The lowest BCUT2D eigenvalue weighted by atomic mass is 10.0. The van der Waals surface area contributed by atoms with Crippen LogP contribution in [0.25, 0.3) is 0 Å². The summed E-state index contributed by atoms with van der Waals surface area (Å²) in [7, 11) is 0. The molecule has 1 N–H and O–H groups in total. The first-order valence-electron chi connectivity index (χ1n) is 9.93. The van der Waals surface area contributed by atoms with E-state index in [1.165, 1.54) is 5.56 Å². The van der Waals surface area contributed by atoms with Crippen molar-refractivity contribution in [2.45, 2.75) is 31.5 Å². The Labute approximate surface area is 165 Å². The maximum atomic E-state index is 12.7. The molecule has 148 valence electrons. The van der Waals surface area contributed by atoms with Crippen LogP contribution in [0.15, 0.2) is 42.5 Å². The molecule has 0 atom stereocenters. The van der Waals surface area contributed by atoms with E-state index in [1.54, 1.807) is 11.0 Å². The second-order valence-electron chi connectivity index (χ2n) is 7.22. The minimum atomic E-state index is -0.476. The Morgan fingerprint density at radius 3 is 2.46 bits per heavy atom. The Balaban J connectivity index is 1.23. The Kier molecular flexibility index (Phi) is 5.83. The van der Waals surface area contributed by atoms with Crippen LogP contribution in [0.3, 0.4) is 0 Å². The number of anilines is 1. The maximum absolute atomic E-state index is 12.7. The molecular weight excluding hydrogens is 356 g/mol. The van der Waals surface area contributed by atoms with Crippen LogP contribution in [-0.2, 0) is 15.9 Å². The summed E-state index contributed by atoms with van der Waals surface area (Å²) in [6.45, 7) is 3.31. The summed E-state index contributed by atoms with van der Waals surface area (Å²) in [5.41, 5.74) is 1.70. The molecule has 2 fully saturated rings. The Morgan fingerprint density at radius 1 is 1.04 bits per heavy atom. The van der Waals surface area contributed by atoms with E-state index >= 15 is 0 Å².